The molecule has 2 rings (SSSR count). The largest absolute Gasteiger partial charge is 0.341 e. The molecule has 0 unspecified atom stereocenters. The molecule has 0 aliphatic rings. The van der Waals surface area contributed by atoms with Crippen LogP contribution in [0.2, 0.25) is 0 Å². The zero-order valence-corrected chi connectivity index (χ0v) is 13.3. The molecule has 0 fully saturated rings. The van der Waals surface area contributed by atoms with E-state index in [1.54, 1.807) is 0 Å². The van der Waals surface area contributed by atoms with Crippen LogP contribution >= 0.6 is 27.3 Å². The standard InChI is InChI=1S/C12H15BrN4OS/c1-6(2)9(11-14-7(3)16-17-11)15-12(18)10-8(13)4-5-19-10/h4-6,9H,1-3H3,(H,15,18)(H,14,16,17)/t9-/m1/s1. The van der Waals surface area contributed by atoms with E-state index in [0.29, 0.717) is 10.7 Å². The SMILES string of the molecule is Cc1nc([C@H](NC(=O)c2sccc2Br)C(C)C)n[nH]1. The first-order valence-corrected chi connectivity index (χ1v) is 7.59. The van der Waals surface area contributed by atoms with E-state index < -0.39 is 0 Å². The van der Waals surface area contributed by atoms with Gasteiger partial charge in [0, 0.05) is 4.47 Å². The van der Waals surface area contributed by atoms with Crippen molar-refractivity contribution in [2.45, 2.75) is 26.8 Å². The molecular formula is C12H15BrN4OS. The van der Waals surface area contributed by atoms with Gasteiger partial charge in [0.25, 0.3) is 5.91 Å². The predicted octanol–water partition coefficient (Wildman–Crippen LogP) is 3.06. The zero-order valence-electron chi connectivity index (χ0n) is 10.9. The van der Waals surface area contributed by atoms with Crippen molar-refractivity contribution in [2.24, 2.45) is 5.92 Å². The maximum atomic E-state index is 12.2. The van der Waals surface area contributed by atoms with Crippen LogP contribution in [0.25, 0.3) is 0 Å². The minimum atomic E-state index is -0.202. The summed E-state index contributed by atoms with van der Waals surface area (Å²) in [5.41, 5.74) is 0. The molecule has 19 heavy (non-hydrogen) atoms. The van der Waals surface area contributed by atoms with Crippen molar-refractivity contribution in [3.63, 3.8) is 0 Å². The number of nitrogens with one attached hydrogen (secondary N) is 2. The van der Waals surface area contributed by atoms with E-state index in [2.05, 4.69) is 36.4 Å². The summed E-state index contributed by atoms with van der Waals surface area (Å²) in [6, 6.07) is 1.66. The third kappa shape index (κ3) is 3.22. The van der Waals surface area contributed by atoms with Crippen molar-refractivity contribution in [1.82, 2.24) is 20.5 Å². The summed E-state index contributed by atoms with van der Waals surface area (Å²) < 4.78 is 0.809. The zero-order chi connectivity index (χ0) is 14.0. The third-order valence-electron chi connectivity index (χ3n) is 2.67. The van der Waals surface area contributed by atoms with E-state index in [4.69, 9.17) is 0 Å². The summed E-state index contributed by atoms with van der Waals surface area (Å²) in [4.78, 5) is 17.2. The fraction of sp³-hybridized carbons (Fsp3) is 0.417. The topological polar surface area (TPSA) is 70.7 Å². The maximum Gasteiger partial charge on any atom is 0.263 e. The second kappa shape index (κ2) is 5.83. The Labute approximate surface area is 124 Å². The molecule has 5 nitrogen and oxygen atoms in total. The molecule has 0 aliphatic carbocycles. The molecule has 0 aromatic carbocycles. The Hall–Kier alpha value is -1.21. The van der Waals surface area contributed by atoms with E-state index >= 15 is 0 Å². The highest BCUT2D eigenvalue weighted by Crippen LogP contribution is 2.25. The van der Waals surface area contributed by atoms with Gasteiger partial charge in [0.05, 0.1) is 6.04 Å². The molecule has 0 saturated heterocycles. The highest BCUT2D eigenvalue weighted by molar-refractivity contribution is 9.10. The third-order valence-corrected chi connectivity index (χ3v) is 4.51. The number of rotatable bonds is 4. The second-order valence-corrected chi connectivity index (χ2v) is 6.34. The normalized spacial score (nSPS) is 12.7. The minimum Gasteiger partial charge on any atom is -0.341 e. The van der Waals surface area contributed by atoms with Crippen LogP contribution in [0, 0.1) is 12.8 Å². The summed E-state index contributed by atoms with van der Waals surface area (Å²) in [5, 5.41) is 11.8. The van der Waals surface area contributed by atoms with E-state index in [1.165, 1.54) is 11.3 Å². The maximum absolute atomic E-state index is 12.2. The average molecular weight is 343 g/mol. The first kappa shape index (κ1) is 14.2. The summed E-state index contributed by atoms with van der Waals surface area (Å²) in [7, 11) is 0. The molecule has 2 aromatic rings. The van der Waals surface area contributed by atoms with Crippen LogP contribution in [0.15, 0.2) is 15.9 Å². The summed E-state index contributed by atoms with van der Waals surface area (Å²) in [6.45, 7) is 5.89. The Morgan fingerprint density at radius 3 is 2.74 bits per heavy atom. The Balaban J connectivity index is 2.18. The highest BCUT2D eigenvalue weighted by Gasteiger charge is 2.24. The van der Waals surface area contributed by atoms with Crippen molar-refractivity contribution >= 4 is 33.2 Å². The molecule has 1 atom stereocenters. The number of carbonyl (C=O) groups is 1. The number of thiophene rings is 1. The number of hydrogen-bond acceptors (Lipinski definition) is 4. The molecule has 0 aliphatic heterocycles. The molecule has 1 amide bonds. The fourth-order valence-electron chi connectivity index (χ4n) is 1.69. The lowest BCUT2D eigenvalue weighted by Gasteiger charge is -2.19. The minimum absolute atomic E-state index is 0.108. The van der Waals surface area contributed by atoms with E-state index in [-0.39, 0.29) is 17.9 Å². The Bertz CT molecular complexity index is 578. The molecule has 2 N–H and O–H groups in total. The fourth-order valence-corrected chi connectivity index (χ4v) is 3.15. The Kier molecular flexibility index (Phi) is 4.36. The van der Waals surface area contributed by atoms with Gasteiger partial charge in [0.15, 0.2) is 5.82 Å². The lowest BCUT2D eigenvalue weighted by Crippen LogP contribution is -2.32. The molecule has 0 spiro atoms. The molecule has 7 heteroatoms. The van der Waals surface area contributed by atoms with Crippen LogP contribution in [-0.2, 0) is 0 Å². The number of aryl methyl sites for hydroxylation is 1. The number of H-pyrrole nitrogens is 1. The molecule has 0 radical (unpaired) electrons. The van der Waals surface area contributed by atoms with Crippen LogP contribution in [0.3, 0.4) is 0 Å². The number of aromatic amines is 1. The number of halogens is 1. The van der Waals surface area contributed by atoms with Crippen molar-refractivity contribution in [3.05, 3.63) is 32.4 Å². The van der Waals surface area contributed by atoms with Crippen LogP contribution in [0.4, 0.5) is 0 Å². The summed E-state index contributed by atoms with van der Waals surface area (Å²) >= 11 is 4.77. The van der Waals surface area contributed by atoms with Gasteiger partial charge in [-0.2, -0.15) is 5.10 Å². The Morgan fingerprint density at radius 1 is 1.53 bits per heavy atom. The van der Waals surface area contributed by atoms with Crippen LogP contribution < -0.4 is 5.32 Å². The second-order valence-electron chi connectivity index (χ2n) is 4.57. The molecule has 2 aromatic heterocycles. The molecule has 2 heterocycles. The van der Waals surface area contributed by atoms with Gasteiger partial charge in [-0.25, -0.2) is 4.98 Å². The number of aromatic nitrogens is 3. The van der Waals surface area contributed by atoms with Crippen LogP contribution in [0.1, 0.15) is 41.2 Å². The van der Waals surface area contributed by atoms with Gasteiger partial charge in [0.2, 0.25) is 0 Å². The van der Waals surface area contributed by atoms with Gasteiger partial charge >= 0.3 is 0 Å². The summed E-state index contributed by atoms with van der Waals surface area (Å²) in [5.74, 6) is 1.46. The first-order valence-electron chi connectivity index (χ1n) is 5.91. The predicted molar refractivity (Wildman–Crippen MR) is 78.2 cm³/mol. The van der Waals surface area contributed by atoms with Crippen molar-refractivity contribution in [1.29, 1.82) is 0 Å². The van der Waals surface area contributed by atoms with E-state index in [0.717, 1.165) is 10.3 Å². The van der Waals surface area contributed by atoms with Crippen molar-refractivity contribution in [3.8, 4) is 0 Å². The number of nitrogens with zero attached hydrogens (tertiary/aromatic N) is 2. The smallest absolute Gasteiger partial charge is 0.263 e. The van der Waals surface area contributed by atoms with Gasteiger partial charge in [-0.1, -0.05) is 13.8 Å². The molecule has 0 saturated carbocycles. The Morgan fingerprint density at radius 2 is 2.26 bits per heavy atom. The van der Waals surface area contributed by atoms with Crippen LogP contribution in [0.5, 0.6) is 0 Å². The number of amides is 1. The summed E-state index contributed by atoms with van der Waals surface area (Å²) in [6.07, 6.45) is 0. The quantitative estimate of drug-likeness (QED) is 0.896. The van der Waals surface area contributed by atoms with E-state index in [9.17, 15) is 4.79 Å². The monoisotopic (exact) mass is 342 g/mol. The first-order chi connectivity index (χ1) is 8.99. The molecule has 102 valence electrons. The lowest BCUT2D eigenvalue weighted by atomic mass is 10.0. The molecular weight excluding hydrogens is 328 g/mol. The van der Waals surface area contributed by atoms with Crippen molar-refractivity contribution in [2.75, 3.05) is 0 Å². The van der Waals surface area contributed by atoms with Gasteiger partial charge in [-0.15, -0.1) is 11.3 Å². The van der Waals surface area contributed by atoms with E-state index in [1.807, 2.05) is 32.2 Å². The van der Waals surface area contributed by atoms with Gasteiger partial charge in [-0.3, -0.25) is 9.89 Å². The lowest BCUT2D eigenvalue weighted by molar-refractivity contribution is 0.0926. The average Bonchev–Trinajstić information content (AvgIpc) is 2.94. The van der Waals surface area contributed by atoms with Crippen molar-refractivity contribution < 1.29 is 4.79 Å². The van der Waals surface area contributed by atoms with Gasteiger partial charge in [0.1, 0.15) is 10.7 Å². The van der Waals surface area contributed by atoms with Crippen LogP contribution in [-0.4, -0.2) is 21.1 Å². The number of hydrogen-bond donors (Lipinski definition) is 2. The highest BCUT2D eigenvalue weighted by atomic mass is 79.9. The van der Waals surface area contributed by atoms with Gasteiger partial charge in [-0.05, 0) is 40.2 Å². The molecule has 0 bridgehead atoms. The van der Waals surface area contributed by atoms with Gasteiger partial charge < -0.3 is 5.32 Å². The number of carbonyl (C=O) groups excluding carboxylic acids is 1.